The van der Waals surface area contributed by atoms with Gasteiger partial charge in [-0.3, -0.25) is 4.57 Å². The highest BCUT2D eigenvalue weighted by Crippen LogP contribution is 2.47. The van der Waals surface area contributed by atoms with Crippen LogP contribution in [0.2, 0.25) is 0 Å². The summed E-state index contributed by atoms with van der Waals surface area (Å²) in [6, 6.07) is 0. The molecule has 0 spiro atoms. The second kappa shape index (κ2) is 4.95. The van der Waals surface area contributed by atoms with E-state index in [1.807, 2.05) is 13.8 Å². The Kier molecular flexibility index (Phi) is 5.06. The average Bonchev–Trinajstić information content (AvgIpc) is 1.89. The van der Waals surface area contributed by atoms with Crippen molar-refractivity contribution in [2.45, 2.75) is 13.8 Å². The first-order chi connectivity index (χ1) is 4.68. The van der Waals surface area contributed by atoms with Crippen LogP contribution in [0.5, 0.6) is 0 Å². The lowest BCUT2D eigenvalue weighted by Crippen LogP contribution is -1.88. The zero-order chi connectivity index (χ0) is 8.04. The largest absolute Gasteiger partial charge is 0.326 e. The number of rotatable bonds is 4. The molecule has 0 N–H and O–H groups in total. The first-order valence-corrected chi connectivity index (χ1v) is 5.51. The van der Waals surface area contributed by atoms with Gasteiger partial charge in [-0.1, -0.05) is 18.5 Å². The molecule has 1 atom stereocenters. The molecule has 60 valence electrons. The van der Waals surface area contributed by atoms with Crippen LogP contribution in [-0.2, 0) is 9.09 Å². The minimum atomic E-state index is -2.51. The fourth-order valence-corrected chi connectivity index (χ4v) is 2.15. The topological polar surface area (TPSA) is 26.3 Å². The Bertz CT molecular complexity index is 156. The fraction of sp³-hybridized carbons (Fsp3) is 0.667. The van der Waals surface area contributed by atoms with Gasteiger partial charge in [-0.05, 0) is 6.92 Å². The van der Waals surface area contributed by atoms with E-state index in [0.717, 1.165) is 0 Å². The molecule has 0 aliphatic carbocycles. The second-order valence-electron chi connectivity index (χ2n) is 1.74. The van der Waals surface area contributed by atoms with Crippen molar-refractivity contribution in [1.82, 2.24) is 0 Å². The van der Waals surface area contributed by atoms with E-state index in [-0.39, 0.29) is 0 Å². The number of hydrogen-bond acceptors (Lipinski definition) is 2. The molecule has 0 aliphatic rings. The highest BCUT2D eigenvalue weighted by molar-refractivity contribution is 7.62. The van der Waals surface area contributed by atoms with Crippen LogP contribution in [0, 0.1) is 0 Å². The maximum absolute atomic E-state index is 11.4. The quantitative estimate of drug-likeness (QED) is 0.625. The van der Waals surface area contributed by atoms with Gasteiger partial charge in [0.25, 0.3) is 0 Å². The van der Waals surface area contributed by atoms with Gasteiger partial charge >= 0.3 is 0 Å². The minimum absolute atomic E-state index is 0.465. The van der Waals surface area contributed by atoms with Gasteiger partial charge in [-0.15, -0.1) is 0 Å². The van der Waals surface area contributed by atoms with Crippen molar-refractivity contribution in [2.75, 3.05) is 12.8 Å². The van der Waals surface area contributed by atoms with E-state index in [1.165, 1.54) is 11.4 Å². The van der Waals surface area contributed by atoms with E-state index in [4.69, 9.17) is 16.1 Å². The van der Waals surface area contributed by atoms with Crippen LogP contribution in [-0.4, -0.2) is 12.8 Å². The van der Waals surface area contributed by atoms with E-state index in [2.05, 4.69) is 0 Å². The highest BCUT2D eigenvalue weighted by Gasteiger charge is 2.14. The van der Waals surface area contributed by atoms with Gasteiger partial charge in [-0.2, -0.15) is 0 Å². The molecule has 4 heteroatoms. The number of halogens is 1. The lowest BCUT2D eigenvalue weighted by atomic mass is 10.9. The van der Waals surface area contributed by atoms with Gasteiger partial charge in [0.15, 0.2) is 0 Å². The normalized spacial score (nSPS) is 17.5. The Morgan fingerprint density at radius 3 is 2.50 bits per heavy atom. The Hall–Kier alpha value is 0.220. The van der Waals surface area contributed by atoms with Crippen LogP contribution in [0.1, 0.15) is 13.8 Å². The van der Waals surface area contributed by atoms with Crippen molar-refractivity contribution >= 4 is 19.0 Å². The molecule has 0 saturated heterocycles. The molecule has 0 aromatic carbocycles. The standard InChI is InChI=1S/C6H12ClO2P/c1-3-9-10(8,4-2)6-5-7/h5-6H,3-4H2,1-2H3/b6-5+. The van der Waals surface area contributed by atoms with Crippen LogP contribution in [0.4, 0.5) is 0 Å². The SMILES string of the molecule is CCOP(=O)(/C=C/Cl)CC. The lowest BCUT2D eigenvalue weighted by Gasteiger charge is -2.09. The van der Waals surface area contributed by atoms with Crippen molar-refractivity contribution < 1.29 is 9.09 Å². The molecule has 0 heterocycles. The Morgan fingerprint density at radius 1 is 1.60 bits per heavy atom. The first kappa shape index (κ1) is 10.2. The zero-order valence-corrected chi connectivity index (χ0v) is 7.86. The Labute approximate surface area is 66.7 Å². The lowest BCUT2D eigenvalue weighted by molar-refractivity contribution is 0.341. The molecule has 0 bridgehead atoms. The highest BCUT2D eigenvalue weighted by atomic mass is 35.5. The van der Waals surface area contributed by atoms with Crippen LogP contribution in [0.25, 0.3) is 0 Å². The van der Waals surface area contributed by atoms with Crippen molar-refractivity contribution in [3.63, 3.8) is 0 Å². The summed E-state index contributed by atoms with van der Waals surface area (Å²) < 4.78 is 16.4. The summed E-state index contributed by atoms with van der Waals surface area (Å²) in [6.07, 6.45) is 0.504. The van der Waals surface area contributed by atoms with Crippen molar-refractivity contribution in [3.05, 3.63) is 11.4 Å². The summed E-state index contributed by atoms with van der Waals surface area (Å²) >= 11 is 5.27. The molecule has 0 aromatic heterocycles. The van der Waals surface area contributed by atoms with Crippen LogP contribution >= 0.6 is 19.0 Å². The summed E-state index contributed by atoms with van der Waals surface area (Å²) in [4.78, 5) is 0. The molecule has 2 nitrogen and oxygen atoms in total. The smallest absolute Gasteiger partial charge is 0.225 e. The molecule has 0 radical (unpaired) electrons. The molecular formula is C6H12ClO2P. The van der Waals surface area contributed by atoms with E-state index >= 15 is 0 Å². The molecule has 1 unspecified atom stereocenters. The van der Waals surface area contributed by atoms with Gasteiger partial charge in [0, 0.05) is 17.5 Å². The van der Waals surface area contributed by atoms with E-state index in [0.29, 0.717) is 12.8 Å². The zero-order valence-electron chi connectivity index (χ0n) is 6.21. The first-order valence-electron chi connectivity index (χ1n) is 3.19. The maximum Gasteiger partial charge on any atom is 0.225 e. The fourth-order valence-electron chi connectivity index (χ4n) is 0.544. The summed E-state index contributed by atoms with van der Waals surface area (Å²) in [5.74, 6) is 1.43. The molecule has 0 saturated carbocycles. The molecule has 0 amide bonds. The molecule has 10 heavy (non-hydrogen) atoms. The third-order valence-corrected chi connectivity index (χ3v) is 3.55. The van der Waals surface area contributed by atoms with Crippen molar-refractivity contribution in [2.24, 2.45) is 0 Å². The monoisotopic (exact) mass is 182 g/mol. The molecule has 0 aromatic rings. The predicted molar refractivity (Wildman–Crippen MR) is 44.8 cm³/mol. The van der Waals surface area contributed by atoms with Gasteiger partial charge < -0.3 is 4.52 Å². The summed E-state index contributed by atoms with van der Waals surface area (Å²) in [7, 11) is -2.51. The summed E-state index contributed by atoms with van der Waals surface area (Å²) in [5.41, 5.74) is 1.25. The van der Waals surface area contributed by atoms with E-state index in [9.17, 15) is 4.57 Å². The molecule has 0 rings (SSSR count). The third-order valence-electron chi connectivity index (χ3n) is 1.07. The second-order valence-corrected chi connectivity index (χ2v) is 4.63. The van der Waals surface area contributed by atoms with Crippen LogP contribution in [0.15, 0.2) is 11.4 Å². The summed E-state index contributed by atoms with van der Waals surface area (Å²) in [6.45, 7) is 4.09. The number of hydrogen-bond donors (Lipinski definition) is 0. The van der Waals surface area contributed by atoms with Crippen molar-refractivity contribution in [1.29, 1.82) is 0 Å². The van der Waals surface area contributed by atoms with Gasteiger partial charge in [-0.25, -0.2) is 0 Å². The Balaban J connectivity index is 4.09. The average molecular weight is 183 g/mol. The molecular weight excluding hydrogens is 170 g/mol. The van der Waals surface area contributed by atoms with Crippen molar-refractivity contribution in [3.8, 4) is 0 Å². The van der Waals surface area contributed by atoms with Gasteiger partial charge in [0.1, 0.15) is 0 Å². The predicted octanol–water partition coefficient (Wildman–Crippen LogP) is 3.03. The molecule has 0 fully saturated rings. The van der Waals surface area contributed by atoms with Gasteiger partial charge in [0.2, 0.25) is 7.37 Å². The maximum atomic E-state index is 11.4. The summed E-state index contributed by atoms with van der Waals surface area (Å²) in [5, 5.41) is 0. The Morgan fingerprint density at radius 2 is 2.20 bits per heavy atom. The van der Waals surface area contributed by atoms with E-state index in [1.54, 1.807) is 0 Å². The minimum Gasteiger partial charge on any atom is -0.326 e. The van der Waals surface area contributed by atoms with Gasteiger partial charge in [0.05, 0.1) is 6.61 Å². The van der Waals surface area contributed by atoms with Crippen LogP contribution in [0.3, 0.4) is 0 Å². The van der Waals surface area contributed by atoms with Crippen LogP contribution < -0.4 is 0 Å². The third kappa shape index (κ3) is 3.40. The van der Waals surface area contributed by atoms with E-state index < -0.39 is 7.37 Å². The molecule has 0 aliphatic heterocycles.